The van der Waals surface area contributed by atoms with Crippen molar-refractivity contribution in [2.45, 2.75) is 44.0 Å². The number of carbonyl (C=O) groups excluding carboxylic acids is 1. The molecule has 2 heterocycles. The number of sulfonamides is 1. The Morgan fingerprint density at radius 2 is 2.00 bits per heavy atom. The van der Waals surface area contributed by atoms with Gasteiger partial charge in [0.05, 0.1) is 12.5 Å². The second-order valence-electron chi connectivity index (χ2n) is 8.12. The van der Waals surface area contributed by atoms with Crippen LogP contribution in [0.4, 0.5) is 5.69 Å². The molecule has 166 valence electrons. The number of hydrogen-bond donors (Lipinski definition) is 0. The highest BCUT2D eigenvalue weighted by Gasteiger charge is 2.39. The van der Waals surface area contributed by atoms with Gasteiger partial charge in [0, 0.05) is 29.8 Å². The Morgan fingerprint density at radius 3 is 2.77 bits per heavy atom. The van der Waals surface area contributed by atoms with Gasteiger partial charge in [-0.3, -0.25) is 4.79 Å². The summed E-state index contributed by atoms with van der Waals surface area (Å²) in [6, 6.07) is 12.6. The van der Waals surface area contributed by atoms with Gasteiger partial charge in [-0.25, -0.2) is 8.42 Å². The summed E-state index contributed by atoms with van der Waals surface area (Å²) >= 11 is 6.09. The minimum absolute atomic E-state index is 0.00604. The molecular weight excluding hydrogens is 436 g/mol. The van der Waals surface area contributed by atoms with Crippen LogP contribution in [-0.4, -0.2) is 44.4 Å². The van der Waals surface area contributed by atoms with E-state index >= 15 is 0 Å². The second kappa shape index (κ2) is 8.81. The molecule has 31 heavy (non-hydrogen) atoms. The van der Waals surface area contributed by atoms with Crippen molar-refractivity contribution in [3.8, 4) is 5.75 Å². The summed E-state index contributed by atoms with van der Waals surface area (Å²) < 4.78 is 33.8. The Hall–Kier alpha value is -2.09. The van der Waals surface area contributed by atoms with Crippen molar-refractivity contribution in [2.75, 3.05) is 24.6 Å². The lowest BCUT2D eigenvalue weighted by Crippen LogP contribution is -2.48. The van der Waals surface area contributed by atoms with Crippen LogP contribution in [0.15, 0.2) is 47.4 Å². The summed E-state index contributed by atoms with van der Waals surface area (Å²) in [4.78, 5) is 15.4. The fraction of sp³-hybridized carbons (Fsp3) is 0.435. The van der Waals surface area contributed by atoms with Crippen molar-refractivity contribution >= 4 is 33.2 Å². The molecule has 0 unspecified atom stereocenters. The molecule has 0 aliphatic carbocycles. The number of carbonyl (C=O) groups is 1. The van der Waals surface area contributed by atoms with E-state index in [2.05, 4.69) is 0 Å². The third-order valence-corrected chi connectivity index (χ3v) is 8.12. The lowest BCUT2D eigenvalue weighted by Gasteiger charge is -2.34. The Balaban J connectivity index is 1.59. The Bertz CT molecular complexity index is 1090. The summed E-state index contributed by atoms with van der Waals surface area (Å²) in [5, 5.41) is 0.328. The first kappa shape index (κ1) is 22.1. The molecule has 2 atom stereocenters. The topological polar surface area (TPSA) is 66.9 Å². The number of halogens is 1. The molecule has 0 spiro atoms. The van der Waals surface area contributed by atoms with Crippen molar-refractivity contribution in [1.29, 1.82) is 0 Å². The average molecular weight is 463 g/mol. The SMILES string of the molecule is CCOc1ccc(Cl)cc1S(=O)(=O)N1CCC[C@@H](C(=O)N2c3ccccc3C[C@@H]2C)C1. The minimum atomic E-state index is -3.85. The predicted octanol–water partition coefficient (Wildman–Crippen LogP) is 4.12. The number of piperidine rings is 1. The molecule has 8 heteroatoms. The normalized spacial score (nSPS) is 21.7. The van der Waals surface area contributed by atoms with E-state index in [9.17, 15) is 13.2 Å². The highest BCUT2D eigenvalue weighted by Crippen LogP contribution is 2.36. The van der Waals surface area contributed by atoms with Gasteiger partial charge in [0.25, 0.3) is 0 Å². The predicted molar refractivity (Wildman–Crippen MR) is 121 cm³/mol. The molecule has 0 radical (unpaired) electrons. The number of amides is 1. The van der Waals surface area contributed by atoms with Crippen LogP contribution in [0, 0.1) is 5.92 Å². The van der Waals surface area contributed by atoms with Gasteiger partial charge in [-0.15, -0.1) is 0 Å². The van der Waals surface area contributed by atoms with Gasteiger partial charge in [0.15, 0.2) is 0 Å². The summed E-state index contributed by atoms with van der Waals surface area (Å²) in [6.45, 7) is 4.71. The van der Waals surface area contributed by atoms with Crippen LogP contribution in [0.25, 0.3) is 0 Å². The van der Waals surface area contributed by atoms with Gasteiger partial charge in [-0.05, 0) is 62.9 Å². The van der Waals surface area contributed by atoms with Gasteiger partial charge >= 0.3 is 0 Å². The van der Waals surface area contributed by atoms with E-state index in [1.165, 1.54) is 10.4 Å². The number of anilines is 1. The van der Waals surface area contributed by atoms with Gasteiger partial charge in [-0.1, -0.05) is 29.8 Å². The van der Waals surface area contributed by atoms with Gasteiger partial charge in [-0.2, -0.15) is 4.31 Å². The number of ether oxygens (including phenoxy) is 1. The summed E-state index contributed by atoms with van der Waals surface area (Å²) in [5.41, 5.74) is 2.09. The number of fused-ring (bicyclic) bond motifs is 1. The molecule has 1 saturated heterocycles. The van der Waals surface area contributed by atoms with Crippen molar-refractivity contribution in [1.82, 2.24) is 4.31 Å². The van der Waals surface area contributed by atoms with Crippen LogP contribution in [0.3, 0.4) is 0 Å². The first-order chi connectivity index (χ1) is 14.8. The lowest BCUT2D eigenvalue weighted by molar-refractivity contribution is -0.123. The zero-order chi connectivity index (χ0) is 22.2. The third kappa shape index (κ3) is 4.19. The molecule has 1 fully saturated rings. The molecule has 2 aromatic rings. The Kier molecular flexibility index (Phi) is 6.28. The molecule has 0 saturated carbocycles. The van der Waals surface area contributed by atoms with E-state index < -0.39 is 10.0 Å². The number of rotatable bonds is 5. The van der Waals surface area contributed by atoms with E-state index in [1.807, 2.05) is 36.1 Å². The van der Waals surface area contributed by atoms with Crippen molar-refractivity contribution in [3.05, 3.63) is 53.1 Å². The van der Waals surface area contributed by atoms with Crippen molar-refractivity contribution in [3.63, 3.8) is 0 Å². The zero-order valence-electron chi connectivity index (χ0n) is 17.8. The third-order valence-electron chi connectivity index (χ3n) is 6.00. The lowest BCUT2D eigenvalue weighted by atomic mass is 9.97. The van der Waals surface area contributed by atoms with Gasteiger partial charge in [0.1, 0.15) is 10.6 Å². The molecular formula is C23H27ClN2O4S. The highest BCUT2D eigenvalue weighted by atomic mass is 35.5. The minimum Gasteiger partial charge on any atom is -0.492 e. The molecule has 1 amide bonds. The van der Waals surface area contributed by atoms with E-state index in [0.29, 0.717) is 31.0 Å². The molecule has 6 nitrogen and oxygen atoms in total. The van der Waals surface area contributed by atoms with Crippen LogP contribution < -0.4 is 9.64 Å². The highest BCUT2D eigenvalue weighted by molar-refractivity contribution is 7.89. The van der Waals surface area contributed by atoms with E-state index in [0.717, 1.165) is 17.7 Å². The fourth-order valence-electron chi connectivity index (χ4n) is 4.56. The summed E-state index contributed by atoms with van der Waals surface area (Å²) in [5.74, 6) is -0.109. The standard InChI is InChI=1S/C23H27ClN2O4S/c1-3-30-21-11-10-19(24)14-22(21)31(28,29)25-12-6-8-18(15-25)23(27)26-16(2)13-17-7-4-5-9-20(17)26/h4-5,7,9-11,14,16,18H,3,6,8,12-13,15H2,1-2H3/t16-,18+/m0/s1. The van der Waals surface area contributed by atoms with Gasteiger partial charge < -0.3 is 9.64 Å². The van der Waals surface area contributed by atoms with Gasteiger partial charge in [0.2, 0.25) is 15.9 Å². The fourth-order valence-corrected chi connectivity index (χ4v) is 6.48. The molecule has 2 aliphatic heterocycles. The van der Waals surface area contributed by atoms with Crippen LogP contribution >= 0.6 is 11.6 Å². The molecule has 4 rings (SSSR count). The van der Waals surface area contributed by atoms with E-state index in [1.54, 1.807) is 19.1 Å². The second-order valence-corrected chi connectivity index (χ2v) is 10.5. The van der Waals surface area contributed by atoms with Crippen LogP contribution in [-0.2, 0) is 21.2 Å². The van der Waals surface area contributed by atoms with Crippen LogP contribution in [0.2, 0.25) is 5.02 Å². The maximum absolute atomic E-state index is 13.5. The average Bonchev–Trinajstić information content (AvgIpc) is 3.10. The molecule has 2 aromatic carbocycles. The maximum Gasteiger partial charge on any atom is 0.246 e. The quantitative estimate of drug-likeness (QED) is 0.670. The number of hydrogen-bond acceptors (Lipinski definition) is 4. The monoisotopic (exact) mass is 462 g/mol. The number of nitrogens with zero attached hydrogens (tertiary/aromatic N) is 2. The molecule has 0 aromatic heterocycles. The first-order valence-corrected chi connectivity index (χ1v) is 12.5. The summed E-state index contributed by atoms with van der Waals surface area (Å²) in [6.07, 6.45) is 2.12. The summed E-state index contributed by atoms with van der Waals surface area (Å²) in [7, 11) is -3.85. The van der Waals surface area contributed by atoms with Crippen molar-refractivity contribution < 1.29 is 17.9 Å². The molecule has 0 N–H and O–H groups in total. The first-order valence-electron chi connectivity index (χ1n) is 10.7. The molecule has 2 aliphatic rings. The zero-order valence-corrected chi connectivity index (χ0v) is 19.3. The number of benzene rings is 2. The smallest absolute Gasteiger partial charge is 0.246 e. The maximum atomic E-state index is 13.5. The van der Waals surface area contributed by atoms with Crippen LogP contribution in [0.1, 0.15) is 32.3 Å². The Morgan fingerprint density at radius 1 is 1.23 bits per heavy atom. The number of para-hydroxylation sites is 1. The van der Waals surface area contributed by atoms with Crippen molar-refractivity contribution in [2.24, 2.45) is 5.92 Å². The largest absolute Gasteiger partial charge is 0.492 e. The Labute approximate surface area is 188 Å². The van der Waals surface area contributed by atoms with E-state index in [-0.39, 0.29) is 35.1 Å². The molecule has 0 bridgehead atoms. The van der Waals surface area contributed by atoms with Crippen LogP contribution in [0.5, 0.6) is 5.75 Å². The van der Waals surface area contributed by atoms with E-state index in [4.69, 9.17) is 16.3 Å².